The number of rotatable bonds is 6. The van der Waals surface area contributed by atoms with Gasteiger partial charge in [0.15, 0.2) is 0 Å². The predicted octanol–water partition coefficient (Wildman–Crippen LogP) is 4.83. The summed E-state index contributed by atoms with van der Waals surface area (Å²) in [5, 5.41) is 13.4. The number of nitrogens with zero attached hydrogens (tertiary/aromatic N) is 2. The molecule has 0 radical (unpaired) electrons. The summed E-state index contributed by atoms with van der Waals surface area (Å²) in [6.45, 7) is 3.85. The van der Waals surface area contributed by atoms with Gasteiger partial charge in [-0.3, -0.25) is 10.1 Å². The molecule has 5 nitrogen and oxygen atoms in total. The number of hydrogen-bond acceptors (Lipinski definition) is 4. The highest BCUT2D eigenvalue weighted by Crippen LogP contribution is 2.32. The summed E-state index contributed by atoms with van der Waals surface area (Å²) >= 11 is 0.761. The predicted molar refractivity (Wildman–Crippen MR) is 102 cm³/mol. The lowest BCUT2D eigenvalue weighted by Crippen LogP contribution is -2.23. The summed E-state index contributed by atoms with van der Waals surface area (Å²) in [6, 6.07) is 8.16. The van der Waals surface area contributed by atoms with Gasteiger partial charge in [-0.25, -0.2) is 13.8 Å². The third-order valence-corrected chi connectivity index (χ3v) is 5.97. The van der Waals surface area contributed by atoms with Crippen LogP contribution in [0.3, 0.4) is 0 Å². The Labute approximate surface area is 159 Å². The molecule has 2 aromatic heterocycles. The van der Waals surface area contributed by atoms with Crippen molar-refractivity contribution in [3.63, 3.8) is 0 Å². The van der Waals surface area contributed by atoms with Crippen LogP contribution in [-0.4, -0.2) is 20.6 Å². The molecule has 1 aromatic carbocycles. The number of benzene rings is 1. The van der Waals surface area contributed by atoms with Crippen LogP contribution in [-0.2, 0) is 12.6 Å². The van der Waals surface area contributed by atoms with Crippen LogP contribution in [0.4, 0.5) is 14.7 Å². The molecule has 0 fully saturated rings. The quantitative estimate of drug-likeness (QED) is 0.630. The molecule has 0 aliphatic rings. The highest BCUT2D eigenvalue weighted by atomic mass is 32.1. The maximum absolute atomic E-state index is 12.7. The molecule has 1 amide bonds. The number of aryl methyl sites for hydroxylation is 1. The van der Waals surface area contributed by atoms with E-state index in [-0.39, 0.29) is 9.75 Å². The Bertz CT molecular complexity index is 977. The van der Waals surface area contributed by atoms with Gasteiger partial charge in [0, 0.05) is 7.05 Å². The highest BCUT2D eigenvalue weighted by molar-refractivity contribution is 7.14. The first kappa shape index (κ1) is 19.4. The lowest BCUT2D eigenvalue weighted by Gasteiger charge is -2.25. The van der Waals surface area contributed by atoms with E-state index < -0.39 is 17.9 Å². The summed E-state index contributed by atoms with van der Waals surface area (Å²) in [4.78, 5) is 16.9. The van der Waals surface area contributed by atoms with Crippen LogP contribution in [0.15, 0.2) is 30.3 Å². The SMILES string of the molecule is CCC(O)(CC)c1ccc2c(c1)nc(NC(=O)c1ccc(C(F)F)s1)n2C. The van der Waals surface area contributed by atoms with Crippen LogP contribution < -0.4 is 5.32 Å². The van der Waals surface area contributed by atoms with Gasteiger partial charge in [-0.15, -0.1) is 11.3 Å². The minimum Gasteiger partial charge on any atom is -0.385 e. The van der Waals surface area contributed by atoms with E-state index >= 15 is 0 Å². The second-order valence-corrected chi connectivity index (χ2v) is 7.51. The van der Waals surface area contributed by atoms with Gasteiger partial charge < -0.3 is 9.67 Å². The normalized spacial score (nSPS) is 12.1. The zero-order chi connectivity index (χ0) is 19.8. The fraction of sp³-hybridized carbons (Fsp3) is 0.368. The maximum atomic E-state index is 12.7. The van der Waals surface area contributed by atoms with Gasteiger partial charge in [-0.1, -0.05) is 19.9 Å². The molecule has 0 bridgehead atoms. The van der Waals surface area contributed by atoms with E-state index in [4.69, 9.17) is 0 Å². The molecule has 8 heteroatoms. The second-order valence-electron chi connectivity index (χ2n) is 6.39. The molecule has 3 aromatic rings. The molecule has 27 heavy (non-hydrogen) atoms. The molecule has 144 valence electrons. The molecule has 3 rings (SSSR count). The number of alkyl halides is 2. The molecule has 2 N–H and O–H groups in total. The molecule has 0 saturated heterocycles. The Morgan fingerprint density at radius 1 is 1.30 bits per heavy atom. The van der Waals surface area contributed by atoms with Gasteiger partial charge in [0.25, 0.3) is 12.3 Å². The average Bonchev–Trinajstić information content (AvgIpc) is 3.27. The van der Waals surface area contributed by atoms with Crippen LogP contribution in [0.5, 0.6) is 0 Å². The van der Waals surface area contributed by atoms with Crippen LogP contribution in [0.2, 0.25) is 0 Å². The molecule has 0 saturated carbocycles. The largest absolute Gasteiger partial charge is 0.385 e. The summed E-state index contributed by atoms with van der Waals surface area (Å²) in [5.74, 6) is -0.167. The van der Waals surface area contributed by atoms with Gasteiger partial charge in [0.05, 0.1) is 26.4 Å². The summed E-state index contributed by atoms with van der Waals surface area (Å²) < 4.78 is 27.1. The van der Waals surface area contributed by atoms with Crippen LogP contribution >= 0.6 is 11.3 Å². The number of carbonyl (C=O) groups is 1. The van der Waals surface area contributed by atoms with Crippen molar-refractivity contribution in [2.75, 3.05) is 5.32 Å². The van der Waals surface area contributed by atoms with E-state index in [9.17, 15) is 18.7 Å². The number of amides is 1. The van der Waals surface area contributed by atoms with Crippen LogP contribution in [0.1, 0.15) is 53.2 Å². The highest BCUT2D eigenvalue weighted by Gasteiger charge is 2.26. The lowest BCUT2D eigenvalue weighted by atomic mass is 9.88. The van der Waals surface area contributed by atoms with Crippen molar-refractivity contribution in [3.05, 3.63) is 45.6 Å². The Morgan fingerprint density at radius 2 is 2.00 bits per heavy atom. The fourth-order valence-corrected chi connectivity index (χ4v) is 3.77. The number of nitrogens with one attached hydrogen (secondary N) is 1. The minimum atomic E-state index is -2.60. The average molecular weight is 393 g/mol. The van der Waals surface area contributed by atoms with Crippen molar-refractivity contribution in [2.45, 2.75) is 38.7 Å². The van der Waals surface area contributed by atoms with E-state index in [1.807, 2.05) is 32.0 Å². The minimum absolute atomic E-state index is 0.145. The first-order valence-corrected chi connectivity index (χ1v) is 9.49. The maximum Gasteiger partial charge on any atom is 0.272 e. The van der Waals surface area contributed by atoms with Gasteiger partial charge >= 0.3 is 0 Å². The van der Waals surface area contributed by atoms with Crippen molar-refractivity contribution >= 4 is 34.2 Å². The number of halogens is 2. The van der Waals surface area contributed by atoms with E-state index in [2.05, 4.69) is 10.3 Å². The van der Waals surface area contributed by atoms with Gasteiger partial charge in [-0.2, -0.15) is 0 Å². The zero-order valence-corrected chi connectivity index (χ0v) is 16.1. The number of aliphatic hydroxyl groups is 1. The van der Waals surface area contributed by atoms with Crippen LogP contribution in [0.25, 0.3) is 11.0 Å². The molecule has 0 aliphatic heterocycles. The Balaban J connectivity index is 1.90. The molecule has 0 atom stereocenters. The Morgan fingerprint density at radius 3 is 2.59 bits per heavy atom. The first-order valence-electron chi connectivity index (χ1n) is 8.67. The smallest absolute Gasteiger partial charge is 0.272 e. The van der Waals surface area contributed by atoms with Crippen molar-refractivity contribution in [1.29, 1.82) is 0 Å². The Kier molecular flexibility index (Phi) is 5.30. The van der Waals surface area contributed by atoms with Crippen LogP contribution in [0, 0.1) is 0 Å². The molecule has 0 aliphatic carbocycles. The van der Waals surface area contributed by atoms with E-state index in [1.54, 1.807) is 11.6 Å². The number of carbonyl (C=O) groups excluding carboxylic acids is 1. The number of anilines is 1. The summed E-state index contributed by atoms with van der Waals surface area (Å²) in [5.41, 5.74) is 1.29. The molecule has 2 heterocycles. The third-order valence-electron chi connectivity index (χ3n) is 4.88. The van der Waals surface area contributed by atoms with Gasteiger partial charge in [0.2, 0.25) is 5.95 Å². The number of thiophene rings is 1. The van der Waals surface area contributed by atoms with E-state index in [0.717, 1.165) is 22.4 Å². The molecule has 0 unspecified atom stereocenters. The monoisotopic (exact) mass is 393 g/mol. The number of fused-ring (bicyclic) bond motifs is 1. The van der Waals surface area contributed by atoms with Crippen molar-refractivity contribution in [2.24, 2.45) is 7.05 Å². The van der Waals surface area contributed by atoms with Crippen molar-refractivity contribution in [3.8, 4) is 0 Å². The number of aromatic nitrogens is 2. The molecule has 0 spiro atoms. The Hall–Kier alpha value is -2.32. The van der Waals surface area contributed by atoms with E-state index in [1.165, 1.54) is 12.1 Å². The number of hydrogen-bond donors (Lipinski definition) is 2. The van der Waals surface area contributed by atoms with Crippen molar-refractivity contribution < 1.29 is 18.7 Å². The topological polar surface area (TPSA) is 67.2 Å². The van der Waals surface area contributed by atoms with E-state index in [0.29, 0.717) is 24.3 Å². The van der Waals surface area contributed by atoms with Gasteiger partial charge in [0.1, 0.15) is 0 Å². The summed E-state index contributed by atoms with van der Waals surface area (Å²) in [6.07, 6.45) is -1.44. The number of imidazole rings is 1. The fourth-order valence-electron chi connectivity index (χ4n) is 3.01. The summed E-state index contributed by atoms with van der Waals surface area (Å²) in [7, 11) is 1.76. The standard InChI is InChI=1S/C19H21F2N3O2S/c1-4-19(26,5-2)11-6-7-13-12(10-11)22-18(24(13)3)23-17(25)15-9-8-14(27-15)16(20)21/h6-10,16,26H,4-5H2,1-3H3,(H,22,23,25). The second kappa shape index (κ2) is 7.36. The molecular weight excluding hydrogens is 372 g/mol. The lowest BCUT2D eigenvalue weighted by molar-refractivity contribution is 0.0285. The zero-order valence-electron chi connectivity index (χ0n) is 15.3. The van der Waals surface area contributed by atoms with Crippen molar-refractivity contribution in [1.82, 2.24) is 9.55 Å². The van der Waals surface area contributed by atoms with Gasteiger partial charge in [-0.05, 0) is 42.7 Å². The molecular formula is C19H21F2N3O2S. The third kappa shape index (κ3) is 3.59. The first-order chi connectivity index (χ1) is 12.8.